The zero-order valence-corrected chi connectivity index (χ0v) is 9.59. The van der Waals surface area contributed by atoms with E-state index in [1.807, 2.05) is 4.90 Å². The maximum absolute atomic E-state index is 10.6. The van der Waals surface area contributed by atoms with E-state index < -0.39 is 4.92 Å². The average Bonchev–Trinajstić information content (AvgIpc) is 2.62. The van der Waals surface area contributed by atoms with Crippen LogP contribution in [0.2, 0.25) is 0 Å². The molecule has 7 nitrogen and oxygen atoms in total. The number of nitrogen functional groups attached to an aromatic ring is 1. The fraction of sp³-hybridized carbons (Fsp3) is 0.571. The van der Waals surface area contributed by atoms with Crippen LogP contribution in [0.15, 0.2) is 0 Å². The number of nitrogens with two attached hydrogens (primary N) is 1. The van der Waals surface area contributed by atoms with Crippen LogP contribution in [0.5, 0.6) is 0 Å². The third-order valence-corrected chi connectivity index (χ3v) is 4.34. The van der Waals surface area contributed by atoms with E-state index in [0.717, 1.165) is 17.8 Å². The van der Waals surface area contributed by atoms with Crippen molar-refractivity contribution in [2.24, 2.45) is 0 Å². The van der Waals surface area contributed by atoms with E-state index in [0.29, 0.717) is 13.2 Å². The number of aromatic nitrogens is 1. The van der Waals surface area contributed by atoms with Crippen molar-refractivity contribution < 1.29 is 9.66 Å². The van der Waals surface area contributed by atoms with Crippen molar-refractivity contribution in [3.63, 3.8) is 0 Å². The van der Waals surface area contributed by atoms with E-state index >= 15 is 0 Å². The molecule has 1 aliphatic heterocycles. The molecule has 0 unspecified atom stereocenters. The van der Waals surface area contributed by atoms with Crippen molar-refractivity contribution in [2.75, 3.05) is 36.9 Å². The van der Waals surface area contributed by atoms with Gasteiger partial charge in [-0.3, -0.25) is 0 Å². The molecule has 15 heavy (non-hydrogen) atoms. The molecule has 1 aromatic rings. The molecule has 0 amide bonds. The van der Waals surface area contributed by atoms with Gasteiger partial charge in [0.1, 0.15) is 0 Å². The number of ether oxygens (including phenoxy) is 1. The molecule has 1 fully saturated rings. The number of hydrogen-bond donors (Lipinski definition) is 1. The molecule has 8 heteroatoms. The van der Waals surface area contributed by atoms with Gasteiger partial charge >= 0.3 is 91.3 Å². The van der Waals surface area contributed by atoms with Crippen LogP contribution in [0, 0.1) is 10.1 Å². The van der Waals surface area contributed by atoms with E-state index in [-0.39, 0.29) is 24.9 Å². The monoisotopic (exact) mass is 278 g/mol. The predicted octanol–water partition coefficient (Wildman–Crippen LogP) is -0.534. The number of anilines is 2. The fourth-order valence-corrected chi connectivity index (χ4v) is 3.12. The first kappa shape index (κ1) is 10.4. The summed E-state index contributed by atoms with van der Waals surface area (Å²) in [6.07, 6.45) is 0. The number of morpholine rings is 1. The Labute approximate surface area is 91.7 Å². The summed E-state index contributed by atoms with van der Waals surface area (Å²) in [6.45, 7) is 2.75. The van der Waals surface area contributed by atoms with Crippen LogP contribution in [-0.4, -0.2) is 50.7 Å². The summed E-state index contributed by atoms with van der Waals surface area (Å²) < 4.78 is 6.00. The minimum absolute atomic E-state index is 0.0569. The third-order valence-electron chi connectivity index (χ3n) is 2.07. The molecule has 1 aromatic heterocycles. The second kappa shape index (κ2) is 4.18. The predicted molar refractivity (Wildman–Crippen MR) is 55.3 cm³/mol. The van der Waals surface area contributed by atoms with Gasteiger partial charge in [0.15, 0.2) is 0 Å². The second-order valence-corrected chi connectivity index (χ2v) is 5.05. The Morgan fingerprint density at radius 2 is 2.20 bits per heavy atom. The zero-order chi connectivity index (χ0) is 10.8. The van der Waals surface area contributed by atoms with E-state index in [2.05, 4.69) is 4.98 Å². The van der Waals surface area contributed by atoms with Crippen molar-refractivity contribution in [1.82, 2.24) is 4.98 Å². The van der Waals surface area contributed by atoms with E-state index in [4.69, 9.17) is 10.5 Å². The Bertz CT molecular complexity index is 374. The topological polar surface area (TPSA) is 94.5 Å². The van der Waals surface area contributed by atoms with Gasteiger partial charge in [-0.2, -0.15) is 0 Å². The molecule has 2 rings (SSSR count). The summed E-state index contributed by atoms with van der Waals surface area (Å²) in [5.74, 6) is 0.0569. The van der Waals surface area contributed by atoms with Crippen LogP contribution in [0.25, 0.3) is 0 Å². The van der Waals surface area contributed by atoms with Gasteiger partial charge in [-0.15, -0.1) is 0 Å². The molecule has 2 N–H and O–H groups in total. The van der Waals surface area contributed by atoms with Crippen LogP contribution in [0.3, 0.4) is 0 Å². The Kier molecular flexibility index (Phi) is 2.90. The van der Waals surface area contributed by atoms with Crippen molar-refractivity contribution in [3.05, 3.63) is 10.1 Å². The standard InChI is InChI=1S/C7H10N4O3Se/c8-5-6(11(12)13)15-7(9-5)10-1-3-14-4-2-10/h1-4,8H2. The first-order chi connectivity index (χ1) is 7.18. The molecule has 0 spiro atoms. The van der Waals surface area contributed by atoms with Crippen molar-refractivity contribution in [3.8, 4) is 0 Å². The van der Waals surface area contributed by atoms with Crippen LogP contribution >= 0.6 is 0 Å². The Morgan fingerprint density at radius 3 is 2.73 bits per heavy atom. The van der Waals surface area contributed by atoms with E-state index in [9.17, 15) is 10.1 Å². The summed E-state index contributed by atoms with van der Waals surface area (Å²) in [5.41, 5.74) is 5.49. The molecular formula is C7H10N4O3Se. The molecule has 1 saturated heterocycles. The van der Waals surface area contributed by atoms with Gasteiger partial charge in [0.2, 0.25) is 0 Å². The van der Waals surface area contributed by atoms with Gasteiger partial charge in [0, 0.05) is 0 Å². The molecule has 0 radical (unpaired) electrons. The molecule has 0 atom stereocenters. The Morgan fingerprint density at radius 1 is 1.53 bits per heavy atom. The Hall–Kier alpha value is -1.11. The van der Waals surface area contributed by atoms with Gasteiger partial charge in [0.25, 0.3) is 0 Å². The first-order valence-electron chi connectivity index (χ1n) is 4.42. The fourth-order valence-electron chi connectivity index (χ4n) is 1.33. The summed E-state index contributed by atoms with van der Waals surface area (Å²) in [7, 11) is 0. The average molecular weight is 277 g/mol. The molecule has 0 bridgehead atoms. The normalized spacial score (nSPS) is 16.7. The van der Waals surface area contributed by atoms with Gasteiger partial charge in [-0.25, -0.2) is 0 Å². The van der Waals surface area contributed by atoms with Crippen molar-refractivity contribution in [1.29, 1.82) is 0 Å². The molecule has 0 aliphatic carbocycles. The quantitative estimate of drug-likeness (QED) is 0.443. The minimum atomic E-state index is -0.438. The maximum atomic E-state index is 10.6. The molecule has 1 aliphatic rings. The van der Waals surface area contributed by atoms with Crippen LogP contribution < -0.4 is 10.6 Å². The number of hydrogen-bond acceptors (Lipinski definition) is 6. The molecule has 0 aromatic carbocycles. The molecule has 82 valence electrons. The SMILES string of the molecule is Nc1nc(N2CCOCC2)[se]c1[N+](=O)[O-]. The zero-order valence-electron chi connectivity index (χ0n) is 7.88. The first-order valence-corrected chi connectivity index (χ1v) is 6.13. The van der Waals surface area contributed by atoms with E-state index in [1.165, 1.54) is 0 Å². The Balaban J connectivity index is 2.21. The summed E-state index contributed by atoms with van der Waals surface area (Å²) in [4.78, 5) is 16.2. The van der Waals surface area contributed by atoms with Gasteiger partial charge < -0.3 is 0 Å². The van der Waals surface area contributed by atoms with Crippen LogP contribution in [-0.2, 0) is 4.74 Å². The molecule has 2 heterocycles. The van der Waals surface area contributed by atoms with E-state index in [1.54, 1.807) is 0 Å². The van der Waals surface area contributed by atoms with Crippen LogP contribution in [0.1, 0.15) is 0 Å². The number of nitro groups is 1. The number of rotatable bonds is 2. The second-order valence-electron chi connectivity index (χ2n) is 3.04. The van der Waals surface area contributed by atoms with Gasteiger partial charge in [0.05, 0.1) is 0 Å². The van der Waals surface area contributed by atoms with Gasteiger partial charge in [-0.05, 0) is 0 Å². The van der Waals surface area contributed by atoms with Crippen LogP contribution in [0.4, 0.5) is 15.1 Å². The summed E-state index contributed by atoms with van der Waals surface area (Å²) in [5, 5.41) is 10.6. The molecular weight excluding hydrogens is 267 g/mol. The molecule has 0 saturated carbocycles. The summed E-state index contributed by atoms with van der Waals surface area (Å²) >= 11 is -0.370. The van der Waals surface area contributed by atoms with Crippen molar-refractivity contribution >= 4 is 29.6 Å². The number of nitrogens with zero attached hydrogens (tertiary/aromatic N) is 3. The third kappa shape index (κ3) is 2.11. The summed E-state index contributed by atoms with van der Waals surface area (Å²) in [6, 6.07) is 0. The van der Waals surface area contributed by atoms with Crippen molar-refractivity contribution in [2.45, 2.75) is 0 Å². The van der Waals surface area contributed by atoms with Gasteiger partial charge in [-0.1, -0.05) is 0 Å².